The Balaban J connectivity index is 1.91. The fraction of sp³-hybridized carbons (Fsp3) is 0.118. The van der Waals surface area contributed by atoms with Crippen molar-refractivity contribution >= 4 is 46.0 Å². The average Bonchev–Trinajstić information content (AvgIpc) is 3.25. The maximum absolute atomic E-state index is 13.0. The van der Waals surface area contributed by atoms with E-state index >= 15 is 0 Å². The summed E-state index contributed by atoms with van der Waals surface area (Å²) in [7, 11) is 0. The Hall–Kier alpha value is -2.23. The van der Waals surface area contributed by atoms with Gasteiger partial charge >= 0.3 is 6.18 Å². The summed E-state index contributed by atoms with van der Waals surface area (Å²) in [4.78, 5) is 7.25. The molecule has 0 atom stereocenters. The molecule has 0 saturated heterocycles. The van der Waals surface area contributed by atoms with Gasteiger partial charge in [0.15, 0.2) is 11.0 Å². The minimum Gasteiger partial charge on any atom is -0.335 e. The number of benzene rings is 2. The molecule has 0 saturated carbocycles. The van der Waals surface area contributed by atoms with Gasteiger partial charge in [0.1, 0.15) is 0 Å². The minimum absolute atomic E-state index is 0.238. The highest BCUT2D eigenvalue weighted by atomic mass is 35.5. The summed E-state index contributed by atoms with van der Waals surface area (Å²) in [5.74, 6) is 0.566. The maximum Gasteiger partial charge on any atom is 0.416 e. The standard InChI is InChI=1S/C17H10Cl2F3N5S/c1-28-16-26-25-15(27(16)12-4-2-3-9(18)13(12)19)14-23-10-6-5-8(17(20,21)22)7-11(10)24-14/h2-7H,1H3,(H,23,24). The molecule has 0 spiro atoms. The van der Waals surface area contributed by atoms with E-state index in [9.17, 15) is 13.2 Å². The van der Waals surface area contributed by atoms with Gasteiger partial charge in [0, 0.05) is 0 Å². The van der Waals surface area contributed by atoms with Crippen LogP contribution in [-0.2, 0) is 6.18 Å². The van der Waals surface area contributed by atoms with Gasteiger partial charge in [-0.05, 0) is 36.6 Å². The van der Waals surface area contributed by atoms with Crippen LogP contribution >= 0.6 is 35.0 Å². The molecule has 0 aliphatic carbocycles. The van der Waals surface area contributed by atoms with Crippen molar-refractivity contribution in [2.75, 3.05) is 6.26 Å². The smallest absolute Gasteiger partial charge is 0.335 e. The zero-order valence-corrected chi connectivity index (χ0v) is 16.4. The summed E-state index contributed by atoms with van der Waals surface area (Å²) < 4.78 is 40.6. The molecule has 0 aliphatic rings. The van der Waals surface area contributed by atoms with Crippen LogP contribution in [0.4, 0.5) is 13.2 Å². The SMILES string of the molecule is CSc1nnc(-c2nc3ccc(C(F)(F)F)cc3[nH]2)n1-c1cccc(Cl)c1Cl. The van der Waals surface area contributed by atoms with Crippen LogP contribution in [0.25, 0.3) is 28.4 Å². The maximum atomic E-state index is 13.0. The first-order valence-electron chi connectivity index (χ1n) is 7.80. The van der Waals surface area contributed by atoms with Gasteiger partial charge in [-0.15, -0.1) is 10.2 Å². The van der Waals surface area contributed by atoms with Crippen molar-refractivity contribution in [1.29, 1.82) is 0 Å². The predicted molar refractivity (Wildman–Crippen MR) is 103 cm³/mol. The van der Waals surface area contributed by atoms with E-state index in [1.165, 1.54) is 17.8 Å². The van der Waals surface area contributed by atoms with E-state index in [-0.39, 0.29) is 11.3 Å². The quantitative estimate of drug-likeness (QED) is 0.403. The number of H-pyrrole nitrogens is 1. The third-order valence-electron chi connectivity index (χ3n) is 4.01. The molecular formula is C17H10Cl2F3N5S. The number of alkyl halides is 3. The lowest BCUT2D eigenvalue weighted by molar-refractivity contribution is -0.137. The molecule has 1 N–H and O–H groups in total. The van der Waals surface area contributed by atoms with Crippen LogP contribution in [0, 0.1) is 0 Å². The zero-order chi connectivity index (χ0) is 20.1. The number of fused-ring (bicyclic) bond motifs is 1. The first-order valence-corrected chi connectivity index (χ1v) is 9.79. The molecular weight excluding hydrogens is 434 g/mol. The number of hydrogen-bond donors (Lipinski definition) is 1. The Labute approximate surface area is 170 Å². The van der Waals surface area contributed by atoms with E-state index in [1.54, 1.807) is 22.8 Å². The summed E-state index contributed by atoms with van der Waals surface area (Å²) in [6.45, 7) is 0. The Morgan fingerprint density at radius 2 is 1.89 bits per heavy atom. The predicted octanol–water partition coefficient (Wildman–Crippen LogP) is 5.86. The van der Waals surface area contributed by atoms with Crippen molar-refractivity contribution in [3.63, 3.8) is 0 Å². The van der Waals surface area contributed by atoms with Gasteiger partial charge in [-0.2, -0.15) is 13.2 Å². The molecule has 0 fully saturated rings. The normalized spacial score (nSPS) is 12.1. The third-order valence-corrected chi connectivity index (χ3v) is 5.45. The molecule has 0 aliphatic heterocycles. The van der Waals surface area contributed by atoms with Gasteiger partial charge in [0.05, 0.1) is 32.3 Å². The van der Waals surface area contributed by atoms with E-state index < -0.39 is 11.7 Å². The number of nitrogens with one attached hydrogen (secondary N) is 1. The minimum atomic E-state index is -4.44. The topological polar surface area (TPSA) is 59.4 Å². The Bertz CT molecular complexity index is 1190. The zero-order valence-electron chi connectivity index (χ0n) is 14.1. The van der Waals surface area contributed by atoms with Gasteiger partial charge < -0.3 is 4.98 Å². The average molecular weight is 444 g/mol. The number of halogens is 5. The Morgan fingerprint density at radius 1 is 1.11 bits per heavy atom. The molecule has 0 unspecified atom stereocenters. The van der Waals surface area contributed by atoms with Gasteiger partial charge in [-0.3, -0.25) is 4.57 Å². The summed E-state index contributed by atoms with van der Waals surface area (Å²) >= 11 is 13.8. The molecule has 2 heterocycles. The number of aromatic amines is 1. The van der Waals surface area contributed by atoms with Crippen LogP contribution in [0.1, 0.15) is 5.56 Å². The number of imidazole rings is 1. The Kier molecular flexibility index (Phi) is 4.76. The molecule has 5 nitrogen and oxygen atoms in total. The summed E-state index contributed by atoms with van der Waals surface area (Å²) in [6.07, 6.45) is -2.63. The first kappa shape index (κ1) is 19.1. The monoisotopic (exact) mass is 443 g/mol. The second-order valence-electron chi connectivity index (χ2n) is 5.73. The fourth-order valence-corrected chi connectivity index (χ4v) is 3.60. The van der Waals surface area contributed by atoms with Gasteiger partial charge in [-0.1, -0.05) is 41.0 Å². The Morgan fingerprint density at radius 3 is 2.61 bits per heavy atom. The lowest BCUT2D eigenvalue weighted by Crippen LogP contribution is -2.04. The molecule has 144 valence electrons. The number of aromatic nitrogens is 5. The number of hydrogen-bond acceptors (Lipinski definition) is 4. The second kappa shape index (κ2) is 6.98. The number of thioether (sulfide) groups is 1. The van der Waals surface area contributed by atoms with E-state index in [2.05, 4.69) is 20.2 Å². The molecule has 2 aromatic carbocycles. The highest BCUT2D eigenvalue weighted by Gasteiger charge is 2.31. The molecule has 11 heteroatoms. The van der Waals surface area contributed by atoms with Gasteiger partial charge in [0.2, 0.25) is 5.82 Å². The van der Waals surface area contributed by atoms with E-state index in [0.29, 0.717) is 32.2 Å². The van der Waals surface area contributed by atoms with E-state index in [0.717, 1.165) is 12.1 Å². The van der Waals surface area contributed by atoms with Crippen molar-refractivity contribution in [3.8, 4) is 17.3 Å². The first-order chi connectivity index (χ1) is 13.3. The van der Waals surface area contributed by atoms with Crippen LogP contribution in [0.2, 0.25) is 10.0 Å². The third kappa shape index (κ3) is 3.23. The number of nitrogens with zero attached hydrogens (tertiary/aromatic N) is 4. The summed E-state index contributed by atoms with van der Waals surface area (Å²) in [6, 6.07) is 8.42. The lowest BCUT2D eigenvalue weighted by Gasteiger charge is -2.10. The lowest BCUT2D eigenvalue weighted by atomic mass is 10.2. The molecule has 0 radical (unpaired) electrons. The van der Waals surface area contributed by atoms with E-state index in [4.69, 9.17) is 23.2 Å². The van der Waals surface area contributed by atoms with Crippen molar-refractivity contribution in [2.24, 2.45) is 0 Å². The van der Waals surface area contributed by atoms with E-state index in [1.807, 2.05) is 6.26 Å². The molecule has 0 bridgehead atoms. The number of rotatable bonds is 3. The largest absolute Gasteiger partial charge is 0.416 e. The highest BCUT2D eigenvalue weighted by molar-refractivity contribution is 7.98. The van der Waals surface area contributed by atoms with Crippen LogP contribution in [0.15, 0.2) is 41.6 Å². The van der Waals surface area contributed by atoms with Crippen molar-refractivity contribution in [3.05, 3.63) is 52.0 Å². The van der Waals surface area contributed by atoms with Crippen LogP contribution < -0.4 is 0 Å². The van der Waals surface area contributed by atoms with Crippen LogP contribution in [-0.4, -0.2) is 31.0 Å². The van der Waals surface area contributed by atoms with Crippen molar-refractivity contribution < 1.29 is 13.2 Å². The van der Waals surface area contributed by atoms with Crippen LogP contribution in [0.5, 0.6) is 0 Å². The second-order valence-corrected chi connectivity index (χ2v) is 7.29. The molecule has 2 aromatic heterocycles. The van der Waals surface area contributed by atoms with Crippen LogP contribution in [0.3, 0.4) is 0 Å². The summed E-state index contributed by atoms with van der Waals surface area (Å²) in [5, 5.41) is 9.44. The summed E-state index contributed by atoms with van der Waals surface area (Å²) in [5.41, 5.74) is 0.386. The molecule has 0 amide bonds. The van der Waals surface area contributed by atoms with Gasteiger partial charge in [0.25, 0.3) is 0 Å². The van der Waals surface area contributed by atoms with Crippen molar-refractivity contribution in [2.45, 2.75) is 11.3 Å². The van der Waals surface area contributed by atoms with Gasteiger partial charge in [-0.25, -0.2) is 4.98 Å². The highest BCUT2D eigenvalue weighted by Crippen LogP contribution is 2.35. The molecule has 4 rings (SSSR count). The molecule has 28 heavy (non-hydrogen) atoms. The fourth-order valence-electron chi connectivity index (χ4n) is 2.73. The van der Waals surface area contributed by atoms with Crippen molar-refractivity contribution in [1.82, 2.24) is 24.7 Å². The molecule has 4 aromatic rings.